The Balaban J connectivity index is 1.02. The summed E-state index contributed by atoms with van der Waals surface area (Å²) in [6, 6.07) is 9.46. The van der Waals surface area contributed by atoms with Crippen LogP contribution >= 0.6 is 15.9 Å². The van der Waals surface area contributed by atoms with Crippen LogP contribution in [0.5, 0.6) is 0 Å². The van der Waals surface area contributed by atoms with Gasteiger partial charge in [-0.2, -0.15) is 0 Å². The first-order valence-corrected chi connectivity index (χ1v) is 17.2. The molecule has 1 aromatic carbocycles. The van der Waals surface area contributed by atoms with Crippen LogP contribution in [-0.4, -0.2) is 86.8 Å². The molecule has 14 heteroatoms. The van der Waals surface area contributed by atoms with Crippen LogP contribution in [0, 0.1) is 0 Å². The van der Waals surface area contributed by atoms with Crippen LogP contribution in [0.1, 0.15) is 55.7 Å². The number of nitrogens with zero attached hydrogens (tertiary/aromatic N) is 5. The maximum Gasteiger partial charge on any atom is 0.411 e. The van der Waals surface area contributed by atoms with Gasteiger partial charge in [-0.1, -0.05) is 35.3 Å². The van der Waals surface area contributed by atoms with Crippen molar-refractivity contribution in [3.63, 3.8) is 0 Å². The van der Waals surface area contributed by atoms with E-state index in [1.165, 1.54) is 22.0 Å². The summed E-state index contributed by atoms with van der Waals surface area (Å²) in [4.78, 5) is 86.3. The highest BCUT2D eigenvalue weighted by molar-refractivity contribution is 9.10. The van der Waals surface area contributed by atoms with Gasteiger partial charge in [-0.3, -0.25) is 24.1 Å². The van der Waals surface area contributed by atoms with Crippen molar-refractivity contribution in [3.8, 4) is 11.4 Å². The first kappa shape index (κ1) is 32.7. The van der Waals surface area contributed by atoms with Crippen molar-refractivity contribution in [1.29, 1.82) is 0 Å². The molecule has 3 aromatic rings. The fourth-order valence-corrected chi connectivity index (χ4v) is 7.48. The smallest absolute Gasteiger partial charge is 0.411 e. The molecular formula is C35H34BrN5O8. The average molecular weight is 733 g/mol. The van der Waals surface area contributed by atoms with E-state index in [9.17, 15) is 28.8 Å². The van der Waals surface area contributed by atoms with Gasteiger partial charge in [0.05, 0.1) is 29.0 Å². The minimum Gasteiger partial charge on any atom is -0.457 e. The first-order valence-electron chi connectivity index (χ1n) is 16.4. The van der Waals surface area contributed by atoms with Crippen LogP contribution in [0.2, 0.25) is 0 Å². The van der Waals surface area contributed by atoms with Crippen LogP contribution in [0.25, 0.3) is 22.3 Å². The summed E-state index contributed by atoms with van der Waals surface area (Å²) in [6.45, 7) is 3.16. The number of aromatic nitrogens is 2. The summed E-state index contributed by atoms with van der Waals surface area (Å²) >= 11 is 3.58. The number of hydrogen-bond acceptors (Lipinski definition) is 9. The van der Waals surface area contributed by atoms with E-state index in [1.807, 2.05) is 24.3 Å². The van der Waals surface area contributed by atoms with Crippen LogP contribution < -0.4 is 5.56 Å². The predicted octanol–water partition coefficient (Wildman–Crippen LogP) is 3.62. The number of ether oxygens (including phenoxy) is 2. The van der Waals surface area contributed by atoms with Gasteiger partial charge in [0.25, 0.3) is 17.4 Å². The Hall–Kier alpha value is -4.85. The van der Waals surface area contributed by atoms with Gasteiger partial charge in [0.15, 0.2) is 0 Å². The molecule has 0 saturated carbocycles. The Bertz CT molecular complexity index is 2000. The number of benzene rings is 1. The number of fused-ring (bicyclic) bond motifs is 5. The molecule has 1 atom stereocenters. The zero-order chi connectivity index (χ0) is 34.4. The number of unbranched alkanes of at least 4 members (excludes halogenated alkanes) is 2. The van der Waals surface area contributed by atoms with E-state index >= 15 is 0 Å². The Labute approximate surface area is 289 Å². The lowest BCUT2D eigenvalue weighted by Crippen LogP contribution is -2.54. The molecular weight excluding hydrogens is 698 g/mol. The van der Waals surface area contributed by atoms with Crippen molar-refractivity contribution in [2.45, 2.75) is 57.8 Å². The lowest BCUT2D eigenvalue weighted by Gasteiger charge is -2.39. The van der Waals surface area contributed by atoms with Gasteiger partial charge < -0.3 is 23.8 Å². The number of esters is 1. The normalized spacial score (nSPS) is 19.6. The van der Waals surface area contributed by atoms with Crippen molar-refractivity contribution in [2.75, 3.05) is 32.7 Å². The molecule has 254 valence electrons. The Morgan fingerprint density at radius 3 is 2.45 bits per heavy atom. The Morgan fingerprint density at radius 2 is 1.71 bits per heavy atom. The number of piperazine rings is 1. The zero-order valence-corrected chi connectivity index (χ0v) is 28.5. The van der Waals surface area contributed by atoms with Crippen molar-refractivity contribution in [3.05, 3.63) is 74.0 Å². The fraction of sp³-hybridized carbons (Fsp3) is 0.400. The van der Waals surface area contributed by atoms with E-state index in [1.54, 1.807) is 22.5 Å². The second-order valence-electron chi connectivity index (χ2n) is 12.6. The summed E-state index contributed by atoms with van der Waals surface area (Å²) < 4.78 is 14.0. The van der Waals surface area contributed by atoms with Crippen LogP contribution in [0.15, 0.2) is 51.8 Å². The molecule has 13 nitrogen and oxygen atoms in total. The highest BCUT2D eigenvalue weighted by atomic mass is 79.9. The maximum atomic E-state index is 13.8. The molecule has 0 spiro atoms. The lowest BCUT2D eigenvalue weighted by atomic mass is 9.85. The third kappa shape index (κ3) is 5.71. The number of halogens is 1. The number of carbonyl (C=O) groups excluding carboxylic acids is 5. The summed E-state index contributed by atoms with van der Waals surface area (Å²) in [7, 11) is 0. The number of carbonyl (C=O) groups is 5. The number of rotatable bonds is 8. The first-order chi connectivity index (χ1) is 23.6. The second kappa shape index (κ2) is 12.9. The number of hydrogen-bond donors (Lipinski definition) is 0. The van der Waals surface area contributed by atoms with Crippen LogP contribution in [0.3, 0.4) is 0 Å². The molecule has 0 N–H and O–H groups in total. The molecule has 4 amide bonds. The highest BCUT2D eigenvalue weighted by Gasteiger charge is 2.51. The number of cyclic esters (lactones) is 1. The number of pyridine rings is 2. The summed E-state index contributed by atoms with van der Waals surface area (Å²) in [5, 5.41) is 0.923. The predicted molar refractivity (Wildman–Crippen MR) is 179 cm³/mol. The minimum absolute atomic E-state index is 0.0406. The molecule has 0 unspecified atom stereocenters. The third-order valence-electron chi connectivity index (χ3n) is 9.79. The molecule has 4 aliphatic heterocycles. The molecule has 4 aliphatic rings. The molecule has 1 saturated heterocycles. The largest absolute Gasteiger partial charge is 0.457 e. The van der Waals surface area contributed by atoms with Crippen molar-refractivity contribution < 1.29 is 33.4 Å². The summed E-state index contributed by atoms with van der Waals surface area (Å²) in [5.74, 6) is -1.40. The van der Waals surface area contributed by atoms with E-state index < -0.39 is 17.7 Å². The molecule has 0 aliphatic carbocycles. The molecule has 2 aromatic heterocycles. The molecule has 1 fully saturated rings. The highest BCUT2D eigenvalue weighted by Crippen LogP contribution is 2.41. The Kier molecular flexibility index (Phi) is 8.59. The summed E-state index contributed by atoms with van der Waals surface area (Å²) in [5.41, 5.74) is 1.23. The van der Waals surface area contributed by atoms with Gasteiger partial charge in [0.2, 0.25) is 11.5 Å². The van der Waals surface area contributed by atoms with E-state index in [0.29, 0.717) is 68.8 Å². The third-order valence-corrected chi connectivity index (χ3v) is 10.5. The van der Waals surface area contributed by atoms with Gasteiger partial charge >= 0.3 is 12.1 Å². The van der Waals surface area contributed by atoms with Crippen molar-refractivity contribution in [2.24, 2.45) is 0 Å². The maximum absolute atomic E-state index is 13.8. The second-order valence-corrected chi connectivity index (χ2v) is 13.4. The topological polar surface area (TPSA) is 148 Å². The standard InChI is InChI=1S/C35H34BrN5O8/c1-2-35(49-34(47)39-15-13-38(14-16-39)28(42)9-4-3-5-12-40-29(43)10-11-30(40)44)24-18-27-31-21(17-22-25(36)7-6-8-26(22)37-31)19-41(27)32(45)23(24)20-48-33(35)46/h6-8,10-11,17-18H,2-5,9,12-16,19-20H2,1H3/t35-/m0/s1. The van der Waals surface area contributed by atoms with Gasteiger partial charge in [-0.15, -0.1) is 0 Å². The molecule has 49 heavy (non-hydrogen) atoms. The van der Waals surface area contributed by atoms with E-state index in [4.69, 9.17) is 14.5 Å². The van der Waals surface area contributed by atoms with Crippen LogP contribution in [-0.2, 0) is 47.4 Å². The lowest BCUT2D eigenvalue weighted by molar-refractivity contribution is -0.173. The average Bonchev–Trinajstić information content (AvgIpc) is 3.63. The van der Waals surface area contributed by atoms with E-state index in [0.717, 1.165) is 20.9 Å². The van der Waals surface area contributed by atoms with Crippen molar-refractivity contribution >= 4 is 56.6 Å². The molecule has 6 heterocycles. The SMILES string of the molecule is CC[C@@]1(OC(=O)N2CCN(C(=O)CCCCCN3C(=O)C=CC3=O)CC2)C(=O)OCc2c1cc1n(c2=O)Cc2cc3c(Br)cccc3nc2-1. The van der Waals surface area contributed by atoms with Gasteiger partial charge in [0.1, 0.15) is 6.61 Å². The van der Waals surface area contributed by atoms with Gasteiger partial charge in [-0.25, -0.2) is 14.6 Å². The molecule has 7 rings (SSSR count). The number of imide groups is 1. The Morgan fingerprint density at radius 1 is 0.980 bits per heavy atom. The quantitative estimate of drug-likeness (QED) is 0.151. The molecule has 0 bridgehead atoms. The van der Waals surface area contributed by atoms with Gasteiger partial charge in [-0.05, 0) is 43.5 Å². The number of amides is 4. The van der Waals surface area contributed by atoms with Crippen LogP contribution in [0.4, 0.5) is 4.79 Å². The van der Waals surface area contributed by atoms with E-state index in [-0.39, 0.29) is 55.0 Å². The van der Waals surface area contributed by atoms with Crippen molar-refractivity contribution in [1.82, 2.24) is 24.3 Å². The monoisotopic (exact) mass is 731 g/mol. The fourth-order valence-electron chi connectivity index (χ4n) is 7.01. The summed E-state index contributed by atoms with van der Waals surface area (Å²) in [6.07, 6.45) is 4.07. The minimum atomic E-state index is -1.82. The van der Waals surface area contributed by atoms with Gasteiger partial charge in [0, 0.05) is 72.3 Å². The van der Waals surface area contributed by atoms with E-state index in [2.05, 4.69) is 15.9 Å². The zero-order valence-electron chi connectivity index (χ0n) is 26.9. The molecule has 0 radical (unpaired) electrons.